The fourth-order valence-corrected chi connectivity index (χ4v) is 2.98. The smallest absolute Gasteiger partial charge is 0.317 e. The minimum absolute atomic E-state index is 0.0181. The zero-order valence-corrected chi connectivity index (χ0v) is 11.2. The van der Waals surface area contributed by atoms with Crippen LogP contribution in [0.2, 0.25) is 0 Å². The van der Waals surface area contributed by atoms with E-state index < -0.39 is 0 Å². The van der Waals surface area contributed by atoms with Gasteiger partial charge in [-0.1, -0.05) is 5.16 Å². The molecule has 104 valence electrons. The molecule has 1 aliphatic carbocycles. The van der Waals surface area contributed by atoms with Gasteiger partial charge in [-0.05, 0) is 25.7 Å². The lowest BCUT2D eigenvalue weighted by molar-refractivity contribution is 0.187. The van der Waals surface area contributed by atoms with Crippen molar-refractivity contribution in [3.63, 3.8) is 0 Å². The predicted octanol–water partition coefficient (Wildman–Crippen LogP) is 0.658. The van der Waals surface area contributed by atoms with E-state index in [9.17, 15) is 4.79 Å². The zero-order chi connectivity index (χ0) is 13.5. The highest BCUT2D eigenvalue weighted by molar-refractivity contribution is 5.74. The van der Waals surface area contributed by atoms with Crippen LogP contribution in [0.1, 0.15) is 24.3 Å². The molecule has 1 saturated carbocycles. The van der Waals surface area contributed by atoms with Gasteiger partial charge in [0.1, 0.15) is 5.76 Å². The topological polar surface area (TPSA) is 84.4 Å². The number of nitrogens with one attached hydrogen (secondary N) is 1. The monoisotopic (exact) mass is 264 g/mol. The number of hydrogen-bond donors (Lipinski definition) is 2. The third kappa shape index (κ3) is 2.32. The van der Waals surface area contributed by atoms with Gasteiger partial charge in [0.25, 0.3) is 0 Å². The summed E-state index contributed by atoms with van der Waals surface area (Å²) in [6.07, 6.45) is 2.86. The molecule has 1 aliphatic heterocycles. The van der Waals surface area contributed by atoms with Crippen molar-refractivity contribution in [2.45, 2.75) is 31.7 Å². The molecule has 6 nitrogen and oxygen atoms in total. The van der Waals surface area contributed by atoms with Crippen molar-refractivity contribution >= 4 is 6.03 Å². The van der Waals surface area contributed by atoms with Crippen LogP contribution in [-0.4, -0.2) is 41.3 Å². The Hall–Kier alpha value is -1.56. The number of nitrogens with zero attached hydrogens (tertiary/aromatic N) is 2. The Bertz CT molecular complexity index is 487. The van der Waals surface area contributed by atoms with Crippen LogP contribution in [-0.2, 0) is 6.42 Å². The lowest BCUT2D eigenvalue weighted by atomic mass is 9.70. The van der Waals surface area contributed by atoms with E-state index in [-0.39, 0.29) is 11.6 Å². The predicted molar refractivity (Wildman–Crippen MR) is 69.6 cm³/mol. The SMILES string of the molecule is Cc1cc(CCNC(=O)N2C[C@@H]3CC[C@]3(N)C2)on1. The maximum absolute atomic E-state index is 12.0. The quantitative estimate of drug-likeness (QED) is 0.840. The first kappa shape index (κ1) is 12.5. The van der Waals surface area contributed by atoms with Crippen LogP contribution in [0.25, 0.3) is 0 Å². The second-order valence-electron chi connectivity index (χ2n) is 5.77. The van der Waals surface area contributed by atoms with Crippen LogP contribution in [0.5, 0.6) is 0 Å². The maximum atomic E-state index is 12.0. The lowest BCUT2D eigenvalue weighted by Crippen LogP contribution is -2.55. The Labute approximate surface area is 112 Å². The molecule has 2 atom stereocenters. The third-order valence-electron chi connectivity index (χ3n) is 4.31. The molecule has 0 bridgehead atoms. The van der Waals surface area contributed by atoms with E-state index in [4.69, 9.17) is 10.3 Å². The molecule has 1 aromatic rings. The van der Waals surface area contributed by atoms with E-state index in [1.54, 1.807) is 0 Å². The number of fused-ring (bicyclic) bond motifs is 1. The van der Waals surface area contributed by atoms with Crippen molar-refractivity contribution in [3.8, 4) is 0 Å². The number of aryl methyl sites for hydroxylation is 1. The Morgan fingerprint density at radius 1 is 1.74 bits per heavy atom. The van der Waals surface area contributed by atoms with Crippen LogP contribution < -0.4 is 11.1 Å². The van der Waals surface area contributed by atoms with Gasteiger partial charge in [-0.3, -0.25) is 0 Å². The molecule has 3 N–H and O–H groups in total. The largest absolute Gasteiger partial charge is 0.361 e. The van der Waals surface area contributed by atoms with E-state index in [2.05, 4.69) is 10.5 Å². The van der Waals surface area contributed by atoms with Crippen LogP contribution in [0, 0.1) is 12.8 Å². The summed E-state index contributed by atoms with van der Waals surface area (Å²) in [7, 11) is 0. The van der Waals surface area contributed by atoms with Gasteiger partial charge in [-0.2, -0.15) is 0 Å². The van der Waals surface area contributed by atoms with Gasteiger partial charge in [0, 0.05) is 37.7 Å². The summed E-state index contributed by atoms with van der Waals surface area (Å²) in [6.45, 7) is 3.92. The van der Waals surface area contributed by atoms with E-state index in [1.165, 1.54) is 0 Å². The fourth-order valence-electron chi connectivity index (χ4n) is 2.98. The highest BCUT2D eigenvalue weighted by atomic mass is 16.5. The first-order valence-corrected chi connectivity index (χ1v) is 6.81. The van der Waals surface area contributed by atoms with Crippen molar-refractivity contribution in [2.24, 2.45) is 11.7 Å². The van der Waals surface area contributed by atoms with Crippen molar-refractivity contribution in [1.82, 2.24) is 15.4 Å². The van der Waals surface area contributed by atoms with Gasteiger partial charge in [0.2, 0.25) is 0 Å². The number of aromatic nitrogens is 1. The summed E-state index contributed by atoms with van der Waals surface area (Å²) in [5.41, 5.74) is 6.97. The molecule has 19 heavy (non-hydrogen) atoms. The molecule has 0 aromatic carbocycles. The minimum Gasteiger partial charge on any atom is -0.361 e. The average molecular weight is 264 g/mol. The van der Waals surface area contributed by atoms with Crippen molar-refractivity contribution < 1.29 is 9.32 Å². The standard InChI is InChI=1S/C13H20N4O2/c1-9-6-11(19-16-9)3-5-15-12(18)17-7-10-2-4-13(10,14)8-17/h6,10H,2-5,7-8,14H2,1H3,(H,15,18)/t10-,13-/m0/s1. The van der Waals surface area contributed by atoms with E-state index in [0.717, 1.165) is 30.8 Å². The van der Waals surface area contributed by atoms with Crippen molar-refractivity contribution in [3.05, 3.63) is 17.5 Å². The van der Waals surface area contributed by atoms with Gasteiger partial charge in [-0.15, -0.1) is 0 Å². The van der Waals surface area contributed by atoms with E-state index >= 15 is 0 Å². The number of urea groups is 1. The Morgan fingerprint density at radius 2 is 2.58 bits per heavy atom. The summed E-state index contributed by atoms with van der Waals surface area (Å²) in [6, 6.07) is 1.87. The first-order valence-electron chi connectivity index (χ1n) is 6.81. The summed E-state index contributed by atoms with van der Waals surface area (Å²) >= 11 is 0. The number of amides is 2. The number of carbonyl (C=O) groups is 1. The first-order chi connectivity index (χ1) is 9.07. The molecular formula is C13H20N4O2. The van der Waals surface area contributed by atoms with E-state index in [0.29, 0.717) is 25.4 Å². The Balaban J connectivity index is 1.44. The van der Waals surface area contributed by atoms with Crippen molar-refractivity contribution in [2.75, 3.05) is 19.6 Å². The van der Waals surface area contributed by atoms with Crippen LogP contribution in [0.4, 0.5) is 4.79 Å². The molecule has 3 rings (SSSR count). The average Bonchev–Trinajstić information content (AvgIpc) is 2.86. The Kier molecular flexibility index (Phi) is 2.97. The number of nitrogens with two attached hydrogens (primary N) is 1. The number of rotatable bonds is 3. The molecule has 2 amide bonds. The molecule has 6 heteroatoms. The molecule has 2 fully saturated rings. The van der Waals surface area contributed by atoms with Gasteiger partial charge >= 0.3 is 6.03 Å². The number of carbonyl (C=O) groups excluding carboxylic acids is 1. The van der Waals surface area contributed by atoms with Gasteiger partial charge in [0.05, 0.1) is 5.69 Å². The fraction of sp³-hybridized carbons (Fsp3) is 0.692. The molecule has 0 spiro atoms. The summed E-state index contributed by atoms with van der Waals surface area (Å²) < 4.78 is 5.10. The molecule has 0 unspecified atom stereocenters. The molecular weight excluding hydrogens is 244 g/mol. The second kappa shape index (κ2) is 4.52. The number of hydrogen-bond acceptors (Lipinski definition) is 4. The van der Waals surface area contributed by atoms with Crippen molar-refractivity contribution in [1.29, 1.82) is 0 Å². The van der Waals surface area contributed by atoms with E-state index in [1.807, 2.05) is 17.9 Å². The summed E-state index contributed by atoms with van der Waals surface area (Å²) in [4.78, 5) is 13.9. The molecule has 1 saturated heterocycles. The normalized spacial score (nSPS) is 28.9. The zero-order valence-electron chi connectivity index (χ0n) is 11.2. The molecule has 1 aromatic heterocycles. The molecule has 0 radical (unpaired) electrons. The van der Waals surface area contributed by atoms with Crippen LogP contribution in [0.15, 0.2) is 10.6 Å². The summed E-state index contributed by atoms with van der Waals surface area (Å²) in [5.74, 6) is 1.30. The van der Waals surface area contributed by atoms with Gasteiger partial charge in [-0.25, -0.2) is 4.79 Å². The molecule has 2 heterocycles. The second-order valence-corrected chi connectivity index (χ2v) is 5.77. The summed E-state index contributed by atoms with van der Waals surface area (Å²) in [5, 5.41) is 6.73. The third-order valence-corrected chi connectivity index (χ3v) is 4.31. The van der Waals surface area contributed by atoms with Gasteiger partial charge in [0.15, 0.2) is 0 Å². The minimum atomic E-state index is -0.112. The number of likely N-dealkylation sites (tertiary alicyclic amines) is 1. The maximum Gasteiger partial charge on any atom is 0.317 e. The molecule has 2 aliphatic rings. The lowest BCUT2D eigenvalue weighted by Gasteiger charge is -2.39. The highest BCUT2D eigenvalue weighted by Gasteiger charge is 2.51. The van der Waals surface area contributed by atoms with Gasteiger partial charge < -0.3 is 20.5 Å². The Morgan fingerprint density at radius 3 is 3.11 bits per heavy atom. The van der Waals surface area contributed by atoms with Crippen LogP contribution >= 0.6 is 0 Å². The highest BCUT2D eigenvalue weighted by Crippen LogP contribution is 2.42. The van der Waals surface area contributed by atoms with Crippen LogP contribution in [0.3, 0.4) is 0 Å².